The highest BCUT2D eigenvalue weighted by Gasteiger charge is 2.38. The number of pyridine rings is 1. The minimum absolute atomic E-state index is 0.0232. The molecule has 1 amide bonds. The predicted octanol–water partition coefficient (Wildman–Crippen LogP) is 4.07. The van der Waals surface area contributed by atoms with E-state index in [1.165, 1.54) is 37.3 Å². The summed E-state index contributed by atoms with van der Waals surface area (Å²) >= 11 is 0. The minimum atomic E-state index is -4.49. The monoisotopic (exact) mass is 484 g/mol. The van der Waals surface area contributed by atoms with E-state index in [0.717, 1.165) is 13.1 Å². The molecule has 1 unspecified atom stereocenters. The number of hydrogen-bond donors (Lipinski definition) is 3. The van der Waals surface area contributed by atoms with Crippen LogP contribution in [0.25, 0.3) is 11.1 Å². The molecule has 0 aliphatic carbocycles. The molecule has 1 atom stereocenters. The Labute approximate surface area is 190 Å². The molecule has 182 valence electrons. The Bertz CT molecular complexity index is 1180. The number of benzene rings is 1. The summed E-state index contributed by atoms with van der Waals surface area (Å²) in [6, 6.07) is 7.03. The number of amides is 1. The summed E-state index contributed by atoms with van der Waals surface area (Å²) in [6.07, 6.45) is -5.37. The third-order valence-corrected chi connectivity index (χ3v) is 4.88. The van der Waals surface area contributed by atoms with Gasteiger partial charge in [-0.25, -0.2) is 9.67 Å². The lowest BCUT2D eigenvalue weighted by molar-refractivity contribution is -0.189. The Morgan fingerprint density at radius 1 is 1.15 bits per heavy atom. The molecule has 1 aromatic carbocycles. The smallest absolute Gasteiger partial charge is 0.425 e. The topological polar surface area (TPSA) is 121 Å². The number of nitrogens with one attached hydrogen (secondary N) is 1. The minimum Gasteiger partial charge on any atom is -0.481 e. The van der Waals surface area contributed by atoms with Crippen molar-refractivity contribution in [1.82, 2.24) is 20.1 Å². The van der Waals surface area contributed by atoms with Gasteiger partial charge in [0.15, 0.2) is 6.10 Å². The van der Waals surface area contributed by atoms with E-state index in [0.29, 0.717) is 10.2 Å². The van der Waals surface area contributed by atoms with Crippen LogP contribution in [0.5, 0.6) is 5.75 Å². The van der Waals surface area contributed by atoms with Crippen LogP contribution in [0, 0.1) is 6.92 Å². The molecule has 3 rings (SSSR count). The van der Waals surface area contributed by atoms with Gasteiger partial charge in [-0.3, -0.25) is 4.79 Å². The Hall–Kier alpha value is -3.90. The predicted molar refractivity (Wildman–Crippen MR) is 114 cm³/mol. The van der Waals surface area contributed by atoms with Crippen LogP contribution >= 0.6 is 0 Å². The fourth-order valence-electron chi connectivity index (χ4n) is 3.02. The summed E-state index contributed by atoms with van der Waals surface area (Å²) in [6.45, 7) is -0.429. The van der Waals surface area contributed by atoms with Gasteiger partial charge in [-0.1, -0.05) is 12.1 Å². The third kappa shape index (κ3) is 5.53. The number of carbonyl (C=O) groups is 1. The first-order valence-electron chi connectivity index (χ1n) is 9.87. The SMILES string of the molecule is Cc1nn(C(F)F)cc1-c1cc(C(=O)NCc2ccc(OC(C)C(F)(F)F)cc2)c(N)nc1N. The number of hydrogen-bond acceptors (Lipinski definition) is 6. The number of aromatic nitrogens is 3. The summed E-state index contributed by atoms with van der Waals surface area (Å²) in [5, 5.41) is 6.33. The molecule has 3 aromatic rings. The van der Waals surface area contributed by atoms with Crippen LogP contribution in [0.15, 0.2) is 36.5 Å². The van der Waals surface area contributed by atoms with Crippen molar-refractivity contribution in [2.75, 3.05) is 11.5 Å². The highest BCUT2D eigenvalue weighted by molar-refractivity contribution is 6.00. The number of carbonyl (C=O) groups excluding carboxylic acids is 1. The van der Waals surface area contributed by atoms with Crippen molar-refractivity contribution in [3.8, 4) is 16.9 Å². The lowest BCUT2D eigenvalue weighted by Crippen LogP contribution is -2.31. The molecule has 0 radical (unpaired) electrons. The first-order valence-corrected chi connectivity index (χ1v) is 9.87. The van der Waals surface area contributed by atoms with Crippen LogP contribution in [-0.4, -0.2) is 33.0 Å². The molecule has 8 nitrogen and oxygen atoms in total. The van der Waals surface area contributed by atoms with E-state index in [1.807, 2.05) is 0 Å². The number of halogens is 5. The summed E-state index contributed by atoms with van der Waals surface area (Å²) in [4.78, 5) is 16.6. The van der Waals surface area contributed by atoms with Crippen LogP contribution in [0.4, 0.5) is 33.6 Å². The summed E-state index contributed by atoms with van der Waals surface area (Å²) in [5.41, 5.74) is 13.0. The van der Waals surface area contributed by atoms with Crippen molar-refractivity contribution in [1.29, 1.82) is 0 Å². The van der Waals surface area contributed by atoms with Crippen molar-refractivity contribution in [3.63, 3.8) is 0 Å². The molecule has 2 aromatic heterocycles. The van der Waals surface area contributed by atoms with Crippen molar-refractivity contribution in [2.24, 2.45) is 0 Å². The van der Waals surface area contributed by atoms with Gasteiger partial charge in [0.25, 0.3) is 5.91 Å². The zero-order valence-corrected chi connectivity index (χ0v) is 18.0. The van der Waals surface area contributed by atoms with Gasteiger partial charge in [0.05, 0.1) is 11.3 Å². The molecular weight excluding hydrogens is 463 g/mol. The van der Waals surface area contributed by atoms with Crippen molar-refractivity contribution < 1.29 is 31.5 Å². The second kappa shape index (κ2) is 9.53. The first kappa shape index (κ1) is 24.7. The maximum Gasteiger partial charge on any atom is 0.425 e. The van der Waals surface area contributed by atoms with E-state index in [4.69, 9.17) is 16.2 Å². The number of ether oxygens (including phenoxy) is 1. The van der Waals surface area contributed by atoms with Gasteiger partial charge in [-0.15, -0.1) is 0 Å². The fraction of sp³-hybridized carbons (Fsp3) is 0.286. The third-order valence-electron chi connectivity index (χ3n) is 4.88. The average molecular weight is 484 g/mol. The Kier molecular flexibility index (Phi) is 6.93. The van der Waals surface area contributed by atoms with Gasteiger partial charge >= 0.3 is 12.7 Å². The molecular formula is C21H21F5N6O2. The second-order valence-electron chi connectivity index (χ2n) is 7.37. The van der Waals surface area contributed by atoms with Crippen LogP contribution in [-0.2, 0) is 6.54 Å². The molecule has 0 spiro atoms. The Morgan fingerprint density at radius 2 is 1.79 bits per heavy atom. The number of nitrogens with two attached hydrogens (primary N) is 2. The molecule has 0 bridgehead atoms. The number of nitrogen functional groups attached to an aromatic ring is 2. The van der Waals surface area contributed by atoms with Crippen molar-refractivity contribution >= 4 is 17.5 Å². The molecule has 0 fully saturated rings. The highest BCUT2D eigenvalue weighted by Crippen LogP contribution is 2.31. The van der Waals surface area contributed by atoms with Gasteiger partial charge in [-0.2, -0.15) is 27.1 Å². The highest BCUT2D eigenvalue weighted by atomic mass is 19.4. The first-order chi connectivity index (χ1) is 15.9. The molecule has 2 heterocycles. The van der Waals surface area contributed by atoms with E-state index in [2.05, 4.69) is 15.4 Å². The number of anilines is 2. The van der Waals surface area contributed by atoms with E-state index < -0.39 is 24.7 Å². The van der Waals surface area contributed by atoms with E-state index >= 15 is 0 Å². The van der Waals surface area contributed by atoms with Crippen LogP contribution in [0.2, 0.25) is 0 Å². The second-order valence-corrected chi connectivity index (χ2v) is 7.37. The summed E-state index contributed by atoms with van der Waals surface area (Å²) in [7, 11) is 0. The van der Waals surface area contributed by atoms with Crippen LogP contribution in [0.3, 0.4) is 0 Å². The lowest BCUT2D eigenvalue weighted by atomic mass is 10.0. The van der Waals surface area contributed by atoms with Gasteiger partial charge in [-0.05, 0) is 37.6 Å². The molecule has 0 aliphatic rings. The maximum absolute atomic E-state index is 13.0. The zero-order valence-electron chi connectivity index (χ0n) is 18.0. The van der Waals surface area contributed by atoms with Gasteiger partial charge in [0.2, 0.25) is 0 Å². The van der Waals surface area contributed by atoms with Gasteiger partial charge < -0.3 is 21.5 Å². The normalized spacial score (nSPS) is 12.6. The zero-order chi connectivity index (χ0) is 25.2. The van der Waals surface area contributed by atoms with Gasteiger partial charge in [0, 0.05) is 23.9 Å². The number of rotatable bonds is 7. The molecule has 0 saturated carbocycles. The van der Waals surface area contributed by atoms with Crippen LogP contribution in [0.1, 0.15) is 35.1 Å². The number of aryl methyl sites for hydroxylation is 1. The fourth-order valence-corrected chi connectivity index (χ4v) is 3.02. The Morgan fingerprint density at radius 3 is 2.35 bits per heavy atom. The lowest BCUT2D eigenvalue weighted by Gasteiger charge is -2.17. The summed E-state index contributed by atoms with van der Waals surface area (Å²) in [5.74, 6) is -0.815. The van der Waals surface area contributed by atoms with E-state index in [1.54, 1.807) is 0 Å². The van der Waals surface area contributed by atoms with E-state index in [-0.39, 0.29) is 46.3 Å². The summed E-state index contributed by atoms with van der Waals surface area (Å²) < 4.78 is 69.0. The van der Waals surface area contributed by atoms with Crippen molar-refractivity contribution in [3.05, 3.63) is 53.3 Å². The molecule has 0 saturated heterocycles. The molecule has 0 aliphatic heterocycles. The standard InChI is InChI=1S/C21H21F5N6O2/c1-10-16(9-32(31-10)20(22)23)14-7-15(18(28)30-17(14)27)19(33)29-8-12-3-5-13(6-4-12)34-11(2)21(24,25)26/h3-7,9,11,20H,8H2,1-2H3,(H,29,33)(H4,27,28,30). The van der Waals surface area contributed by atoms with Gasteiger partial charge in [0.1, 0.15) is 17.4 Å². The number of nitrogens with zero attached hydrogens (tertiary/aromatic N) is 3. The molecule has 34 heavy (non-hydrogen) atoms. The van der Waals surface area contributed by atoms with E-state index in [9.17, 15) is 26.7 Å². The maximum atomic E-state index is 13.0. The quantitative estimate of drug-likeness (QED) is 0.435. The number of alkyl halides is 5. The van der Waals surface area contributed by atoms with Crippen LogP contribution < -0.4 is 21.5 Å². The average Bonchev–Trinajstić information content (AvgIpc) is 3.14. The van der Waals surface area contributed by atoms with Crippen molar-refractivity contribution in [2.45, 2.75) is 39.2 Å². The largest absolute Gasteiger partial charge is 0.481 e. The Balaban J connectivity index is 1.74. The molecule has 13 heteroatoms. The molecule has 5 N–H and O–H groups in total.